The van der Waals surface area contributed by atoms with Crippen molar-refractivity contribution in [2.45, 2.75) is 17.7 Å². The van der Waals surface area contributed by atoms with E-state index < -0.39 is 10.0 Å². The SMILES string of the molecule is COc1ccc2c(c1)CCCN2S(=O)(=O)c1ccc2c(c1)OCO2. The minimum Gasteiger partial charge on any atom is -0.497 e. The Balaban J connectivity index is 1.76. The van der Waals surface area contributed by atoms with Crippen molar-refractivity contribution in [2.24, 2.45) is 0 Å². The van der Waals surface area contributed by atoms with Crippen LogP contribution >= 0.6 is 0 Å². The molecule has 0 aliphatic carbocycles. The summed E-state index contributed by atoms with van der Waals surface area (Å²) in [4.78, 5) is 0.204. The van der Waals surface area contributed by atoms with E-state index in [2.05, 4.69) is 0 Å². The third-order valence-electron chi connectivity index (χ3n) is 4.29. The molecule has 4 rings (SSSR count). The first kappa shape index (κ1) is 15.1. The lowest BCUT2D eigenvalue weighted by atomic mass is 10.0. The summed E-state index contributed by atoms with van der Waals surface area (Å²) in [6, 6.07) is 10.2. The maximum absolute atomic E-state index is 13.1. The van der Waals surface area contributed by atoms with Crippen molar-refractivity contribution in [1.82, 2.24) is 0 Å². The number of rotatable bonds is 3. The van der Waals surface area contributed by atoms with E-state index in [9.17, 15) is 8.42 Å². The molecule has 0 saturated heterocycles. The largest absolute Gasteiger partial charge is 0.497 e. The number of ether oxygens (including phenoxy) is 3. The molecule has 2 aromatic rings. The summed E-state index contributed by atoms with van der Waals surface area (Å²) >= 11 is 0. The fourth-order valence-electron chi connectivity index (χ4n) is 3.08. The van der Waals surface area contributed by atoms with Gasteiger partial charge in [0.05, 0.1) is 17.7 Å². The maximum Gasteiger partial charge on any atom is 0.264 e. The van der Waals surface area contributed by atoms with Gasteiger partial charge in [-0.15, -0.1) is 0 Å². The second-order valence-corrected chi connectivity index (χ2v) is 7.55. The van der Waals surface area contributed by atoms with Crippen LogP contribution in [0.25, 0.3) is 0 Å². The quantitative estimate of drug-likeness (QED) is 0.854. The lowest BCUT2D eigenvalue weighted by molar-refractivity contribution is 0.174. The summed E-state index contributed by atoms with van der Waals surface area (Å²) in [5.41, 5.74) is 1.68. The summed E-state index contributed by atoms with van der Waals surface area (Å²) in [6.45, 7) is 0.571. The number of hydrogen-bond acceptors (Lipinski definition) is 5. The molecule has 2 heterocycles. The van der Waals surface area contributed by atoms with E-state index in [-0.39, 0.29) is 11.7 Å². The Morgan fingerprint density at radius 3 is 2.75 bits per heavy atom. The standard InChI is InChI=1S/C17H17NO5S/c1-21-13-4-6-15-12(9-13)3-2-8-18(15)24(19,20)14-5-7-16-17(10-14)23-11-22-16/h4-7,9-10H,2-3,8,11H2,1H3. The molecule has 0 fully saturated rings. The van der Waals surface area contributed by atoms with Gasteiger partial charge in [0.15, 0.2) is 11.5 Å². The van der Waals surface area contributed by atoms with Crippen molar-refractivity contribution in [3.8, 4) is 17.2 Å². The first-order chi connectivity index (χ1) is 11.6. The molecule has 0 bridgehead atoms. The van der Waals surface area contributed by atoms with Crippen LogP contribution in [0.15, 0.2) is 41.3 Å². The van der Waals surface area contributed by atoms with Crippen LogP contribution in [0, 0.1) is 0 Å². The number of methoxy groups -OCH3 is 1. The molecule has 0 amide bonds. The second-order valence-electron chi connectivity index (χ2n) is 5.69. The van der Waals surface area contributed by atoms with Crippen LogP contribution in [-0.2, 0) is 16.4 Å². The summed E-state index contributed by atoms with van der Waals surface area (Å²) < 4.78 is 43.5. The fourth-order valence-corrected chi connectivity index (χ4v) is 4.64. The molecule has 0 N–H and O–H groups in total. The van der Waals surface area contributed by atoms with Crippen LogP contribution in [0.4, 0.5) is 5.69 Å². The van der Waals surface area contributed by atoms with E-state index in [1.54, 1.807) is 31.4 Å². The summed E-state index contributed by atoms with van der Waals surface area (Å²) in [5, 5.41) is 0. The van der Waals surface area contributed by atoms with Gasteiger partial charge in [0.25, 0.3) is 10.0 Å². The van der Waals surface area contributed by atoms with Gasteiger partial charge in [-0.3, -0.25) is 4.31 Å². The van der Waals surface area contributed by atoms with E-state index in [0.717, 1.165) is 24.2 Å². The molecule has 0 aromatic heterocycles. The fraction of sp³-hybridized carbons (Fsp3) is 0.294. The van der Waals surface area contributed by atoms with E-state index in [4.69, 9.17) is 14.2 Å². The van der Waals surface area contributed by atoms with Crippen LogP contribution in [0.2, 0.25) is 0 Å². The van der Waals surface area contributed by atoms with Gasteiger partial charge in [-0.1, -0.05) is 0 Å². The highest BCUT2D eigenvalue weighted by Gasteiger charge is 2.30. The first-order valence-corrected chi connectivity index (χ1v) is 9.13. The van der Waals surface area contributed by atoms with Crippen molar-refractivity contribution < 1.29 is 22.6 Å². The minimum absolute atomic E-state index is 0.116. The van der Waals surface area contributed by atoms with E-state index in [0.29, 0.717) is 23.7 Å². The molecule has 24 heavy (non-hydrogen) atoms. The van der Waals surface area contributed by atoms with Crippen LogP contribution in [0.5, 0.6) is 17.2 Å². The van der Waals surface area contributed by atoms with Gasteiger partial charge in [-0.2, -0.15) is 0 Å². The van der Waals surface area contributed by atoms with Crippen molar-refractivity contribution in [3.05, 3.63) is 42.0 Å². The molecule has 2 aliphatic heterocycles. The topological polar surface area (TPSA) is 65.1 Å². The zero-order valence-corrected chi connectivity index (χ0v) is 14.0. The number of hydrogen-bond donors (Lipinski definition) is 0. The number of anilines is 1. The monoisotopic (exact) mass is 347 g/mol. The van der Waals surface area contributed by atoms with Crippen molar-refractivity contribution in [1.29, 1.82) is 0 Å². The van der Waals surface area contributed by atoms with Gasteiger partial charge in [-0.25, -0.2) is 8.42 Å². The van der Waals surface area contributed by atoms with Crippen LogP contribution in [0.3, 0.4) is 0 Å². The molecule has 0 saturated carbocycles. The summed E-state index contributed by atoms with van der Waals surface area (Å²) in [6.07, 6.45) is 1.60. The molecule has 6 nitrogen and oxygen atoms in total. The maximum atomic E-state index is 13.1. The summed E-state index contributed by atoms with van der Waals surface area (Å²) in [7, 11) is -2.06. The smallest absolute Gasteiger partial charge is 0.264 e. The van der Waals surface area contributed by atoms with Gasteiger partial charge in [0, 0.05) is 12.6 Å². The van der Waals surface area contributed by atoms with Gasteiger partial charge < -0.3 is 14.2 Å². The molecule has 2 aromatic carbocycles. The molecule has 0 radical (unpaired) electrons. The van der Waals surface area contributed by atoms with Crippen molar-refractivity contribution >= 4 is 15.7 Å². The summed E-state index contributed by atoms with van der Waals surface area (Å²) in [5.74, 6) is 1.76. The molecule has 2 aliphatic rings. The Kier molecular flexibility index (Phi) is 3.53. The molecule has 7 heteroatoms. The zero-order chi connectivity index (χ0) is 16.7. The number of aryl methyl sites for hydroxylation is 1. The number of sulfonamides is 1. The van der Waals surface area contributed by atoms with Crippen molar-refractivity contribution in [2.75, 3.05) is 24.8 Å². The second kappa shape index (κ2) is 5.59. The third-order valence-corrected chi connectivity index (χ3v) is 6.10. The molecule has 0 unspecified atom stereocenters. The molecule has 0 spiro atoms. The first-order valence-electron chi connectivity index (χ1n) is 7.69. The predicted octanol–water partition coefficient (Wildman–Crippen LogP) is 2.57. The molecular formula is C17H17NO5S. The van der Waals surface area contributed by atoms with Gasteiger partial charge in [-0.05, 0) is 48.7 Å². The van der Waals surface area contributed by atoms with Gasteiger partial charge >= 0.3 is 0 Å². The Bertz CT molecular complexity index is 894. The lowest BCUT2D eigenvalue weighted by Crippen LogP contribution is -2.35. The number of fused-ring (bicyclic) bond motifs is 2. The lowest BCUT2D eigenvalue weighted by Gasteiger charge is -2.30. The normalized spacial score (nSPS) is 16.0. The van der Waals surface area contributed by atoms with Crippen LogP contribution in [-0.4, -0.2) is 28.9 Å². The average Bonchev–Trinajstić information content (AvgIpc) is 3.08. The molecule has 0 atom stereocenters. The Morgan fingerprint density at radius 2 is 1.92 bits per heavy atom. The number of benzene rings is 2. The third kappa shape index (κ3) is 2.36. The van der Waals surface area contributed by atoms with Crippen molar-refractivity contribution in [3.63, 3.8) is 0 Å². The van der Waals surface area contributed by atoms with E-state index in [1.165, 1.54) is 10.4 Å². The highest BCUT2D eigenvalue weighted by Crippen LogP contribution is 2.38. The average molecular weight is 347 g/mol. The molecule has 126 valence electrons. The Labute approximate surface area is 140 Å². The van der Waals surface area contributed by atoms with Crippen LogP contribution < -0.4 is 18.5 Å². The van der Waals surface area contributed by atoms with E-state index in [1.807, 2.05) is 6.07 Å². The number of nitrogens with zero attached hydrogens (tertiary/aromatic N) is 1. The Morgan fingerprint density at radius 1 is 1.08 bits per heavy atom. The van der Waals surface area contributed by atoms with Gasteiger partial charge in [0.2, 0.25) is 6.79 Å². The molecular weight excluding hydrogens is 330 g/mol. The van der Waals surface area contributed by atoms with Crippen LogP contribution in [0.1, 0.15) is 12.0 Å². The predicted molar refractivity (Wildman–Crippen MR) is 88.4 cm³/mol. The Hall–Kier alpha value is -2.41. The zero-order valence-electron chi connectivity index (χ0n) is 13.2. The van der Waals surface area contributed by atoms with Gasteiger partial charge in [0.1, 0.15) is 5.75 Å². The highest BCUT2D eigenvalue weighted by molar-refractivity contribution is 7.92. The highest BCUT2D eigenvalue weighted by atomic mass is 32.2. The minimum atomic E-state index is -3.66. The van der Waals surface area contributed by atoms with E-state index >= 15 is 0 Å².